The maximum atomic E-state index is 13.8. The van der Waals surface area contributed by atoms with Gasteiger partial charge in [-0.3, -0.25) is 4.79 Å². The van der Waals surface area contributed by atoms with Gasteiger partial charge in [0.05, 0.1) is 18.2 Å². The fourth-order valence-corrected chi connectivity index (χ4v) is 2.02. The first kappa shape index (κ1) is 14.8. The molecule has 1 unspecified atom stereocenters. The number of benzene rings is 1. The van der Waals surface area contributed by atoms with Crippen molar-refractivity contribution in [1.29, 1.82) is 5.26 Å². The van der Waals surface area contributed by atoms with E-state index in [0.717, 1.165) is 4.90 Å². The molecule has 1 atom stereocenters. The van der Waals surface area contributed by atoms with Crippen LogP contribution in [0.25, 0.3) is 0 Å². The molecule has 0 aliphatic carbocycles. The van der Waals surface area contributed by atoms with Crippen LogP contribution in [0.5, 0.6) is 5.75 Å². The molecule has 0 saturated carbocycles. The maximum Gasteiger partial charge on any atom is 0.343 e. The average Bonchev–Trinajstić information content (AvgIpc) is 2.89. The van der Waals surface area contributed by atoms with Crippen LogP contribution in [0.15, 0.2) is 24.3 Å². The minimum atomic E-state index is -2.37. The molecule has 6 nitrogen and oxygen atoms in total. The largest absolute Gasteiger partial charge is 0.484 e. The van der Waals surface area contributed by atoms with Gasteiger partial charge in [0.2, 0.25) is 5.67 Å². The molecule has 1 aromatic carbocycles. The molecule has 7 heteroatoms. The summed E-state index contributed by atoms with van der Waals surface area (Å²) in [5.74, 6) is -1.61. The van der Waals surface area contributed by atoms with Gasteiger partial charge in [0, 0.05) is 13.0 Å². The Labute approximate surface area is 120 Å². The molecular weight excluding hydrogens is 279 g/mol. The molecule has 0 bridgehead atoms. The fraction of sp³-hybridized carbons (Fsp3) is 0.357. The third-order valence-corrected chi connectivity index (χ3v) is 3.30. The van der Waals surface area contributed by atoms with Gasteiger partial charge in [0.25, 0.3) is 5.91 Å². The number of carbonyl (C=O) groups is 2. The lowest BCUT2D eigenvalue weighted by atomic mass is 10.1. The number of nitriles is 1. The smallest absolute Gasteiger partial charge is 0.343 e. The number of rotatable bonds is 4. The van der Waals surface area contributed by atoms with Gasteiger partial charge in [0.1, 0.15) is 5.75 Å². The predicted octanol–water partition coefficient (Wildman–Crippen LogP) is 0.962. The van der Waals surface area contributed by atoms with Gasteiger partial charge in [0.15, 0.2) is 6.61 Å². The van der Waals surface area contributed by atoms with Gasteiger partial charge in [-0.15, -0.1) is 0 Å². The lowest BCUT2D eigenvalue weighted by Crippen LogP contribution is -2.40. The van der Waals surface area contributed by atoms with Gasteiger partial charge in [-0.1, -0.05) is 0 Å². The maximum absolute atomic E-state index is 13.8. The zero-order valence-electron chi connectivity index (χ0n) is 11.1. The number of hydrogen-bond acceptors (Lipinski definition) is 4. The second kappa shape index (κ2) is 5.79. The fourth-order valence-electron chi connectivity index (χ4n) is 2.02. The summed E-state index contributed by atoms with van der Waals surface area (Å²) in [5, 5.41) is 17.4. The predicted molar refractivity (Wildman–Crippen MR) is 69.3 cm³/mol. The Morgan fingerprint density at radius 3 is 2.62 bits per heavy atom. The first-order valence-corrected chi connectivity index (χ1v) is 6.28. The van der Waals surface area contributed by atoms with Crippen molar-refractivity contribution in [3.8, 4) is 11.8 Å². The molecule has 1 aromatic rings. The molecule has 1 aliphatic rings. The monoisotopic (exact) mass is 292 g/mol. The summed E-state index contributed by atoms with van der Waals surface area (Å²) in [4.78, 5) is 23.7. The highest BCUT2D eigenvalue weighted by molar-refractivity contribution is 5.83. The van der Waals surface area contributed by atoms with Crippen molar-refractivity contribution >= 4 is 11.9 Å². The summed E-state index contributed by atoms with van der Waals surface area (Å²) in [7, 11) is 0. The number of halogens is 1. The van der Waals surface area contributed by atoms with Crippen molar-refractivity contribution in [1.82, 2.24) is 4.90 Å². The van der Waals surface area contributed by atoms with E-state index in [-0.39, 0.29) is 19.6 Å². The number of aliphatic carboxylic acids is 1. The van der Waals surface area contributed by atoms with E-state index < -0.39 is 24.1 Å². The Bertz CT molecular complexity index is 596. The van der Waals surface area contributed by atoms with E-state index in [1.165, 1.54) is 0 Å². The topological polar surface area (TPSA) is 90.6 Å². The summed E-state index contributed by atoms with van der Waals surface area (Å²) >= 11 is 0. The van der Waals surface area contributed by atoms with Gasteiger partial charge in [-0.05, 0) is 24.3 Å². The highest BCUT2D eigenvalue weighted by Gasteiger charge is 2.46. The number of carboxylic acids is 1. The van der Waals surface area contributed by atoms with Crippen molar-refractivity contribution < 1.29 is 23.8 Å². The van der Waals surface area contributed by atoms with Crippen LogP contribution in [0.2, 0.25) is 0 Å². The Kier molecular flexibility index (Phi) is 4.08. The van der Waals surface area contributed by atoms with Crippen LogP contribution < -0.4 is 4.74 Å². The SMILES string of the molecule is N#Cc1ccc(OCC(=O)N2CCC(F)(C(=O)O)C2)cc1. The molecule has 1 heterocycles. The quantitative estimate of drug-likeness (QED) is 0.892. The van der Waals surface area contributed by atoms with Crippen LogP contribution in [0, 0.1) is 11.3 Å². The second-order valence-corrected chi connectivity index (χ2v) is 4.76. The van der Waals surface area contributed by atoms with Crippen LogP contribution >= 0.6 is 0 Å². The number of carboxylic acid groups (broad SMARTS) is 1. The van der Waals surface area contributed by atoms with Gasteiger partial charge < -0.3 is 14.7 Å². The Morgan fingerprint density at radius 1 is 1.43 bits per heavy atom. The van der Waals surface area contributed by atoms with Crippen LogP contribution in [-0.2, 0) is 9.59 Å². The Morgan fingerprint density at radius 2 is 2.10 bits per heavy atom. The van der Waals surface area contributed by atoms with E-state index in [0.29, 0.717) is 11.3 Å². The second-order valence-electron chi connectivity index (χ2n) is 4.76. The molecule has 1 aliphatic heterocycles. The molecular formula is C14H13FN2O4. The zero-order chi connectivity index (χ0) is 15.5. The van der Waals surface area contributed by atoms with Crippen molar-refractivity contribution in [2.24, 2.45) is 0 Å². The van der Waals surface area contributed by atoms with Crippen LogP contribution in [0.1, 0.15) is 12.0 Å². The molecule has 110 valence electrons. The van der Waals surface area contributed by atoms with E-state index in [4.69, 9.17) is 15.1 Å². The van der Waals surface area contributed by atoms with Gasteiger partial charge >= 0.3 is 5.97 Å². The normalized spacial score (nSPS) is 20.9. The van der Waals surface area contributed by atoms with E-state index in [9.17, 15) is 14.0 Å². The summed E-state index contributed by atoms with van der Waals surface area (Å²) < 4.78 is 19.1. The molecule has 0 radical (unpaired) electrons. The highest BCUT2D eigenvalue weighted by Crippen LogP contribution is 2.26. The number of alkyl halides is 1. The van der Waals surface area contributed by atoms with Crippen molar-refractivity contribution in [2.75, 3.05) is 19.7 Å². The molecule has 1 saturated heterocycles. The van der Waals surface area contributed by atoms with Crippen molar-refractivity contribution in [2.45, 2.75) is 12.1 Å². The van der Waals surface area contributed by atoms with E-state index >= 15 is 0 Å². The van der Waals surface area contributed by atoms with Crippen LogP contribution in [0.4, 0.5) is 4.39 Å². The molecule has 0 spiro atoms. The molecule has 1 amide bonds. The number of nitrogens with zero attached hydrogens (tertiary/aromatic N) is 2. The first-order chi connectivity index (χ1) is 9.94. The van der Waals surface area contributed by atoms with Crippen molar-refractivity contribution in [3.63, 3.8) is 0 Å². The van der Waals surface area contributed by atoms with Crippen LogP contribution in [0.3, 0.4) is 0 Å². The molecule has 1 fully saturated rings. The number of likely N-dealkylation sites (tertiary alicyclic amines) is 1. The molecule has 0 aromatic heterocycles. The number of ether oxygens (including phenoxy) is 1. The third-order valence-electron chi connectivity index (χ3n) is 3.30. The highest BCUT2D eigenvalue weighted by atomic mass is 19.1. The van der Waals surface area contributed by atoms with E-state index in [1.54, 1.807) is 24.3 Å². The third kappa shape index (κ3) is 3.28. The number of amides is 1. The van der Waals surface area contributed by atoms with Gasteiger partial charge in [-0.25, -0.2) is 9.18 Å². The summed E-state index contributed by atoms with van der Waals surface area (Å²) in [6, 6.07) is 8.15. The Hall–Kier alpha value is -2.62. The average molecular weight is 292 g/mol. The molecule has 1 N–H and O–H groups in total. The minimum absolute atomic E-state index is 0.0539. The van der Waals surface area contributed by atoms with E-state index in [1.807, 2.05) is 6.07 Å². The van der Waals surface area contributed by atoms with E-state index in [2.05, 4.69) is 0 Å². The van der Waals surface area contributed by atoms with Crippen molar-refractivity contribution in [3.05, 3.63) is 29.8 Å². The summed E-state index contributed by atoms with van der Waals surface area (Å²) in [6.07, 6.45) is -0.217. The van der Waals surface area contributed by atoms with Crippen LogP contribution in [-0.4, -0.2) is 47.2 Å². The first-order valence-electron chi connectivity index (χ1n) is 6.28. The van der Waals surface area contributed by atoms with Gasteiger partial charge in [-0.2, -0.15) is 5.26 Å². The minimum Gasteiger partial charge on any atom is -0.484 e. The summed E-state index contributed by atoms with van der Waals surface area (Å²) in [6.45, 7) is -0.710. The summed E-state index contributed by atoms with van der Waals surface area (Å²) in [5.41, 5.74) is -1.90. The lowest BCUT2D eigenvalue weighted by molar-refractivity contribution is -0.150. The Balaban J connectivity index is 1.88. The molecule has 2 rings (SSSR count). The zero-order valence-corrected chi connectivity index (χ0v) is 11.1. The molecule has 21 heavy (non-hydrogen) atoms. The lowest BCUT2D eigenvalue weighted by Gasteiger charge is -2.17. The number of hydrogen-bond donors (Lipinski definition) is 1. The number of carbonyl (C=O) groups excluding carboxylic acids is 1. The standard InChI is InChI=1S/C14H13FN2O4/c15-14(13(19)20)5-6-17(9-14)12(18)8-21-11-3-1-10(7-16)2-4-11/h1-4H,5-6,8-9H2,(H,19,20).